The molecule has 0 aromatic heterocycles. The van der Waals surface area contributed by atoms with Crippen LogP contribution in [0.3, 0.4) is 0 Å². The molecule has 0 aliphatic carbocycles. The average Bonchev–Trinajstić information content (AvgIpc) is 2.49. The zero-order valence-electron chi connectivity index (χ0n) is 10.9. The highest BCUT2D eigenvalue weighted by Gasteiger charge is 1.99. The number of carbonyl (C=O) groups is 1. The molecule has 0 bridgehead atoms. The minimum Gasteiger partial charge on any atom is -0.323 e. The first-order chi connectivity index (χ1) is 10.2. The number of azide groups is 1. The Morgan fingerprint density at radius 3 is 2.62 bits per heavy atom. The molecule has 0 saturated carbocycles. The van der Waals surface area contributed by atoms with Crippen LogP contribution in [0.25, 0.3) is 16.5 Å². The van der Waals surface area contributed by atoms with Crippen molar-refractivity contribution in [2.24, 2.45) is 5.11 Å². The van der Waals surface area contributed by atoms with Gasteiger partial charge in [0, 0.05) is 27.4 Å². The van der Waals surface area contributed by atoms with Crippen LogP contribution >= 0.6 is 11.6 Å². The third-order valence-electron chi connectivity index (χ3n) is 2.62. The third kappa shape index (κ3) is 4.38. The lowest BCUT2D eigenvalue weighted by molar-refractivity contribution is -0.111. The summed E-state index contributed by atoms with van der Waals surface area (Å²) >= 11 is 5.77. The van der Waals surface area contributed by atoms with Crippen molar-refractivity contribution in [3.05, 3.63) is 75.6 Å². The number of anilines is 1. The summed E-state index contributed by atoms with van der Waals surface area (Å²) < 4.78 is 0. The highest BCUT2D eigenvalue weighted by Crippen LogP contribution is 2.20. The number of halogens is 1. The third-order valence-corrected chi connectivity index (χ3v) is 2.87. The number of rotatable bonds is 4. The van der Waals surface area contributed by atoms with Gasteiger partial charge in [0.2, 0.25) is 5.91 Å². The van der Waals surface area contributed by atoms with E-state index in [4.69, 9.17) is 17.1 Å². The predicted octanol–water partition coefficient (Wildman–Crippen LogP) is 4.93. The van der Waals surface area contributed by atoms with Gasteiger partial charge in [0.05, 0.1) is 0 Å². The van der Waals surface area contributed by atoms with Crippen molar-refractivity contribution in [2.75, 3.05) is 5.32 Å². The standard InChI is InChI=1S/C15H11ClN4O/c16-12-6-8-13(9-7-12)18-15(21)10-5-11-3-1-2-4-14(11)19-20-17/h1-10H,(H,18,21)/b10-5+. The zero-order valence-corrected chi connectivity index (χ0v) is 11.7. The minimum atomic E-state index is -0.284. The van der Waals surface area contributed by atoms with E-state index in [9.17, 15) is 4.79 Å². The Balaban J connectivity index is 2.09. The van der Waals surface area contributed by atoms with Crippen LogP contribution in [-0.2, 0) is 4.79 Å². The van der Waals surface area contributed by atoms with Crippen LogP contribution in [0.1, 0.15) is 5.56 Å². The number of nitrogens with zero attached hydrogens (tertiary/aromatic N) is 3. The van der Waals surface area contributed by atoms with E-state index in [2.05, 4.69) is 15.3 Å². The second-order valence-electron chi connectivity index (χ2n) is 4.08. The molecule has 2 aromatic carbocycles. The average molecular weight is 299 g/mol. The highest BCUT2D eigenvalue weighted by atomic mass is 35.5. The smallest absolute Gasteiger partial charge is 0.248 e. The lowest BCUT2D eigenvalue weighted by atomic mass is 10.1. The molecule has 0 unspecified atom stereocenters. The minimum absolute atomic E-state index is 0.284. The maximum absolute atomic E-state index is 11.8. The Bertz CT molecular complexity index is 719. The van der Waals surface area contributed by atoms with Crippen LogP contribution in [0.4, 0.5) is 11.4 Å². The molecule has 0 saturated heterocycles. The molecule has 0 aliphatic rings. The van der Waals surface area contributed by atoms with Crippen molar-refractivity contribution in [3.63, 3.8) is 0 Å². The van der Waals surface area contributed by atoms with E-state index in [1.807, 2.05) is 0 Å². The van der Waals surface area contributed by atoms with E-state index >= 15 is 0 Å². The van der Waals surface area contributed by atoms with Gasteiger partial charge in [0.25, 0.3) is 0 Å². The molecular weight excluding hydrogens is 288 g/mol. The molecule has 0 heterocycles. The molecule has 5 nitrogen and oxygen atoms in total. The molecule has 0 aliphatic heterocycles. The highest BCUT2D eigenvalue weighted by molar-refractivity contribution is 6.30. The first-order valence-corrected chi connectivity index (χ1v) is 6.45. The van der Waals surface area contributed by atoms with Crippen molar-refractivity contribution in [2.45, 2.75) is 0 Å². The molecule has 1 N–H and O–H groups in total. The lowest BCUT2D eigenvalue weighted by Gasteiger charge is -2.02. The molecule has 21 heavy (non-hydrogen) atoms. The lowest BCUT2D eigenvalue weighted by Crippen LogP contribution is -2.07. The van der Waals surface area contributed by atoms with Crippen molar-refractivity contribution in [1.82, 2.24) is 0 Å². The number of nitrogens with one attached hydrogen (secondary N) is 1. The molecule has 0 radical (unpaired) electrons. The molecule has 2 aromatic rings. The van der Waals surface area contributed by atoms with Gasteiger partial charge < -0.3 is 5.32 Å². The number of benzene rings is 2. The fourth-order valence-corrected chi connectivity index (χ4v) is 1.78. The van der Waals surface area contributed by atoms with Crippen molar-refractivity contribution < 1.29 is 4.79 Å². The predicted molar refractivity (Wildman–Crippen MR) is 84.4 cm³/mol. The van der Waals surface area contributed by atoms with Crippen molar-refractivity contribution in [3.8, 4) is 0 Å². The Morgan fingerprint density at radius 2 is 1.90 bits per heavy atom. The van der Waals surface area contributed by atoms with Gasteiger partial charge >= 0.3 is 0 Å². The van der Waals surface area contributed by atoms with E-state index in [0.29, 0.717) is 22.0 Å². The maximum Gasteiger partial charge on any atom is 0.248 e. The number of carbonyl (C=O) groups excluding carboxylic acids is 1. The van der Waals surface area contributed by atoms with Gasteiger partial charge in [0.15, 0.2) is 0 Å². The fourth-order valence-electron chi connectivity index (χ4n) is 1.65. The molecule has 0 spiro atoms. The summed E-state index contributed by atoms with van der Waals surface area (Å²) in [5.74, 6) is -0.284. The summed E-state index contributed by atoms with van der Waals surface area (Å²) in [7, 11) is 0. The summed E-state index contributed by atoms with van der Waals surface area (Å²) in [5, 5.41) is 6.87. The Kier molecular flexibility index (Phi) is 4.99. The molecular formula is C15H11ClN4O. The largest absolute Gasteiger partial charge is 0.323 e. The summed E-state index contributed by atoms with van der Waals surface area (Å²) in [6, 6.07) is 13.8. The fraction of sp³-hybridized carbons (Fsp3) is 0. The van der Waals surface area contributed by atoms with Crippen molar-refractivity contribution >= 4 is 35.0 Å². The zero-order chi connectivity index (χ0) is 15.1. The van der Waals surface area contributed by atoms with E-state index in [1.165, 1.54) is 6.08 Å². The van der Waals surface area contributed by atoms with Crippen LogP contribution in [-0.4, -0.2) is 5.91 Å². The second kappa shape index (κ2) is 7.14. The van der Waals surface area contributed by atoms with Crippen LogP contribution in [0.5, 0.6) is 0 Å². The monoisotopic (exact) mass is 298 g/mol. The van der Waals surface area contributed by atoms with Crippen LogP contribution in [0.15, 0.2) is 59.7 Å². The summed E-state index contributed by atoms with van der Waals surface area (Å²) in [6.07, 6.45) is 2.97. The van der Waals surface area contributed by atoms with Gasteiger partial charge in [-0.05, 0) is 41.4 Å². The van der Waals surface area contributed by atoms with E-state index in [0.717, 1.165) is 0 Å². The molecule has 0 atom stereocenters. The molecule has 1 amide bonds. The first-order valence-electron chi connectivity index (χ1n) is 6.08. The van der Waals surface area contributed by atoms with Gasteiger partial charge in [-0.3, -0.25) is 4.79 Å². The molecule has 104 valence electrons. The van der Waals surface area contributed by atoms with Gasteiger partial charge in [-0.2, -0.15) is 0 Å². The second-order valence-corrected chi connectivity index (χ2v) is 4.51. The maximum atomic E-state index is 11.8. The SMILES string of the molecule is [N-]=[N+]=Nc1ccccc1/C=C/C(=O)Nc1ccc(Cl)cc1. The summed E-state index contributed by atoms with van der Waals surface area (Å²) in [6.45, 7) is 0. The number of amides is 1. The molecule has 6 heteroatoms. The van der Waals surface area contributed by atoms with E-state index in [-0.39, 0.29) is 5.91 Å². The van der Waals surface area contributed by atoms with Gasteiger partial charge in [-0.1, -0.05) is 41.0 Å². The van der Waals surface area contributed by atoms with E-state index < -0.39 is 0 Å². The van der Waals surface area contributed by atoms with Crippen LogP contribution in [0, 0.1) is 0 Å². The summed E-state index contributed by atoms with van der Waals surface area (Å²) in [4.78, 5) is 14.6. The Labute approximate surface area is 126 Å². The van der Waals surface area contributed by atoms with Gasteiger partial charge in [-0.15, -0.1) is 0 Å². The normalized spacial score (nSPS) is 10.1. The van der Waals surface area contributed by atoms with Gasteiger partial charge in [0.1, 0.15) is 0 Å². The first kappa shape index (κ1) is 14.7. The van der Waals surface area contributed by atoms with Crippen LogP contribution < -0.4 is 5.32 Å². The quantitative estimate of drug-likeness (QED) is 0.369. The Morgan fingerprint density at radius 1 is 1.19 bits per heavy atom. The Hall–Kier alpha value is -2.75. The van der Waals surface area contributed by atoms with Crippen LogP contribution in [0.2, 0.25) is 5.02 Å². The number of hydrogen-bond donors (Lipinski definition) is 1. The number of hydrogen-bond acceptors (Lipinski definition) is 2. The van der Waals surface area contributed by atoms with E-state index in [1.54, 1.807) is 54.6 Å². The summed E-state index contributed by atoms with van der Waals surface area (Å²) in [5.41, 5.74) is 10.3. The molecule has 2 rings (SSSR count). The van der Waals surface area contributed by atoms with Crippen molar-refractivity contribution in [1.29, 1.82) is 0 Å². The molecule has 0 fully saturated rings. The topological polar surface area (TPSA) is 77.9 Å². The van der Waals surface area contributed by atoms with Gasteiger partial charge in [-0.25, -0.2) is 0 Å².